The Morgan fingerprint density at radius 3 is 2.88 bits per heavy atom. The number of hydrogen-bond acceptors (Lipinski definition) is 4. The van der Waals surface area contributed by atoms with Crippen molar-refractivity contribution in [3.8, 4) is 11.5 Å². The number of rotatable bonds is 3. The largest absolute Gasteiger partial charge is 0.454 e. The lowest BCUT2D eigenvalue weighted by molar-refractivity contribution is -0.141. The molecule has 7 nitrogen and oxygen atoms in total. The minimum Gasteiger partial charge on any atom is -0.454 e. The molecule has 0 spiro atoms. The van der Waals surface area contributed by atoms with E-state index in [2.05, 4.69) is 4.98 Å². The highest BCUT2D eigenvalue weighted by molar-refractivity contribution is 6.31. The maximum absolute atomic E-state index is 13.5. The fourth-order valence-corrected chi connectivity index (χ4v) is 5.82. The summed E-state index contributed by atoms with van der Waals surface area (Å²) in [6, 6.07) is 11.6. The summed E-state index contributed by atoms with van der Waals surface area (Å²) < 4.78 is 10.9. The molecule has 0 radical (unpaired) electrons. The second kappa shape index (κ2) is 8.24. The third kappa shape index (κ3) is 3.59. The molecule has 2 atom stereocenters. The van der Waals surface area contributed by atoms with E-state index in [9.17, 15) is 9.59 Å². The van der Waals surface area contributed by atoms with Gasteiger partial charge >= 0.3 is 0 Å². The fourth-order valence-electron chi connectivity index (χ4n) is 5.65. The quantitative estimate of drug-likeness (QED) is 0.599. The summed E-state index contributed by atoms with van der Waals surface area (Å²) in [5.41, 5.74) is 3.50. The highest BCUT2D eigenvalue weighted by Gasteiger charge is 2.41. The smallest absolute Gasteiger partial charge is 0.270 e. The van der Waals surface area contributed by atoms with Crippen molar-refractivity contribution < 1.29 is 19.1 Å². The number of piperidine rings is 2. The molecule has 3 aliphatic rings. The van der Waals surface area contributed by atoms with Crippen LogP contribution in [-0.4, -0.2) is 52.5 Å². The van der Waals surface area contributed by atoms with Gasteiger partial charge in [0.2, 0.25) is 12.7 Å². The Balaban J connectivity index is 1.19. The van der Waals surface area contributed by atoms with Crippen LogP contribution in [0.15, 0.2) is 36.4 Å². The van der Waals surface area contributed by atoms with E-state index in [0.717, 1.165) is 46.4 Å². The summed E-state index contributed by atoms with van der Waals surface area (Å²) in [5.74, 6) is 1.94. The summed E-state index contributed by atoms with van der Waals surface area (Å²) in [5, 5.41) is 1.63. The zero-order valence-electron chi connectivity index (χ0n) is 19.0. The SMILES string of the molecule is Cc1c(C(=O)N2CC[C@H]3[C@H](CCC(=O)N3Cc3ccc4c(c3)OCO4)C2)[nH]c2ccc(Cl)cc12. The predicted octanol–water partition coefficient (Wildman–Crippen LogP) is 4.51. The van der Waals surface area contributed by atoms with Crippen molar-refractivity contribution in [2.24, 2.45) is 5.92 Å². The van der Waals surface area contributed by atoms with E-state index in [4.69, 9.17) is 21.1 Å². The first kappa shape index (κ1) is 21.4. The molecule has 0 saturated carbocycles. The molecule has 0 bridgehead atoms. The van der Waals surface area contributed by atoms with Crippen LogP contribution in [0.3, 0.4) is 0 Å². The Labute approximate surface area is 202 Å². The minimum atomic E-state index is 0.0162. The van der Waals surface area contributed by atoms with Gasteiger partial charge in [0.1, 0.15) is 5.69 Å². The van der Waals surface area contributed by atoms with Crippen molar-refractivity contribution in [3.05, 3.63) is 58.2 Å². The minimum absolute atomic E-state index is 0.0162. The number of aromatic nitrogens is 1. The fraction of sp³-hybridized carbons (Fsp3) is 0.385. The van der Waals surface area contributed by atoms with Crippen LogP contribution in [-0.2, 0) is 11.3 Å². The Kier molecular flexibility index (Phi) is 5.17. The number of benzene rings is 2. The van der Waals surface area contributed by atoms with Gasteiger partial charge in [0.05, 0.1) is 0 Å². The maximum Gasteiger partial charge on any atom is 0.270 e. The Morgan fingerprint density at radius 2 is 2.00 bits per heavy atom. The number of amides is 2. The zero-order valence-corrected chi connectivity index (χ0v) is 19.7. The summed E-state index contributed by atoms with van der Waals surface area (Å²) in [4.78, 5) is 33.6. The van der Waals surface area contributed by atoms with Gasteiger partial charge in [-0.1, -0.05) is 17.7 Å². The van der Waals surface area contributed by atoms with Gasteiger partial charge in [-0.25, -0.2) is 0 Å². The lowest BCUT2D eigenvalue weighted by Crippen LogP contribution is -2.56. The number of fused-ring (bicyclic) bond motifs is 3. The molecule has 3 aliphatic heterocycles. The molecule has 6 rings (SSSR count). The number of likely N-dealkylation sites (tertiary alicyclic amines) is 2. The lowest BCUT2D eigenvalue weighted by atomic mass is 9.83. The zero-order chi connectivity index (χ0) is 23.4. The molecule has 4 heterocycles. The van der Waals surface area contributed by atoms with E-state index in [1.54, 1.807) is 0 Å². The van der Waals surface area contributed by atoms with Crippen molar-refractivity contribution in [3.63, 3.8) is 0 Å². The van der Waals surface area contributed by atoms with Crippen molar-refractivity contribution in [1.29, 1.82) is 0 Å². The van der Waals surface area contributed by atoms with Gasteiger partial charge in [-0.2, -0.15) is 0 Å². The number of halogens is 1. The van der Waals surface area contributed by atoms with E-state index in [0.29, 0.717) is 36.8 Å². The van der Waals surface area contributed by atoms with Gasteiger partial charge in [0, 0.05) is 48.0 Å². The average molecular weight is 480 g/mol. The number of nitrogens with zero attached hydrogens (tertiary/aromatic N) is 2. The van der Waals surface area contributed by atoms with E-state index >= 15 is 0 Å². The molecule has 2 aromatic carbocycles. The number of nitrogens with one attached hydrogen (secondary N) is 1. The van der Waals surface area contributed by atoms with Crippen LogP contribution in [0, 0.1) is 12.8 Å². The maximum atomic E-state index is 13.5. The van der Waals surface area contributed by atoms with Crippen LogP contribution in [0.25, 0.3) is 10.9 Å². The average Bonchev–Trinajstić information content (AvgIpc) is 3.44. The van der Waals surface area contributed by atoms with Crippen molar-refractivity contribution in [2.45, 2.75) is 38.8 Å². The Bertz CT molecular complexity index is 1300. The topological polar surface area (TPSA) is 74.9 Å². The number of carbonyl (C=O) groups is 2. The first-order chi connectivity index (χ1) is 16.5. The van der Waals surface area contributed by atoms with E-state index in [1.165, 1.54) is 0 Å². The molecule has 2 fully saturated rings. The number of hydrogen-bond donors (Lipinski definition) is 1. The molecule has 176 valence electrons. The van der Waals surface area contributed by atoms with Crippen LogP contribution in [0.1, 0.15) is 40.9 Å². The third-order valence-electron chi connectivity index (χ3n) is 7.45. The van der Waals surface area contributed by atoms with Crippen LogP contribution >= 0.6 is 11.6 Å². The summed E-state index contributed by atoms with van der Waals surface area (Å²) in [6.07, 6.45) is 2.10. The van der Waals surface area contributed by atoms with Gasteiger partial charge in [-0.05, 0) is 67.1 Å². The van der Waals surface area contributed by atoms with Gasteiger partial charge in [0.25, 0.3) is 5.91 Å². The highest BCUT2D eigenvalue weighted by atomic mass is 35.5. The van der Waals surface area contributed by atoms with Gasteiger partial charge in [-0.15, -0.1) is 0 Å². The molecule has 2 amide bonds. The molecular formula is C26H26ClN3O4. The highest BCUT2D eigenvalue weighted by Crippen LogP contribution is 2.36. The van der Waals surface area contributed by atoms with Crippen LogP contribution < -0.4 is 9.47 Å². The van der Waals surface area contributed by atoms with Crippen molar-refractivity contribution in [2.75, 3.05) is 19.9 Å². The van der Waals surface area contributed by atoms with Crippen LogP contribution in [0.2, 0.25) is 5.02 Å². The molecular weight excluding hydrogens is 454 g/mol. The Morgan fingerprint density at radius 1 is 1.15 bits per heavy atom. The van der Waals surface area contributed by atoms with E-state index in [-0.39, 0.29) is 30.6 Å². The van der Waals surface area contributed by atoms with Gasteiger partial charge in [0.15, 0.2) is 11.5 Å². The molecule has 34 heavy (non-hydrogen) atoms. The third-order valence-corrected chi connectivity index (χ3v) is 7.69. The second-order valence-corrected chi connectivity index (χ2v) is 9.87. The number of ether oxygens (including phenoxy) is 2. The van der Waals surface area contributed by atoms with E-state index in [1.807, 2.05) is 53.1 Å². The first-order valence-electron chi connectivity index (χ1n) is 11.7. The normalized spacial score (nSPS) is 21.8. The van der Waals surface area contributed by atoms with Crippen LogP contribution in [0.5, 0.6) is 11.5 Å². The van der Waals surface area contributed by atoms with Crippen molar-refractivity contribution >= 4 is 34.3 Å². The Hall–Kier alpha value is -3.19. The summed E-state index contributed by atoms with van der Waals surface area (Å²) >= 11 is 6.16. The number of carbonyl (C=O) groups excluding carboxylic acids is 2. The summed E-state index contributed by atoms with van der Waals surface area (Å²) in [7, 11) is 0. The van der Waals surface area contributed by atoms with Crippen LogP contribution in [0.4, 0.5) is 0 Å². The molecule has 0 aliphatic carbocycles. The molecule has 2 saturated heterocycles. The lowest BCUT2D eigenvalue weighted by Gasteiger charge is -2.47. The number of aryl methyl sites for hydroxylation is 1. The molecule has 3 aromatic rings. The number of H-pyrrole nitrogens is 1. The van der Waals surface area contributed by atoms with Crippen molar-refractivity contribution in [1.82, 2.24) is 14.8 Å². The standard InChI is InChI=1S/C26H26ClN3O4/c1-15-19-11-18(27)4-5-20(19)28-25(15)26(32)29-9-8-21-17(13-29)3-7-24(31)30(21)12-16-2-6-22-23(10-16)34-14-33-22/h2,4-6,10-11,17,21,28H,3,7-9,12-14H2,1H3/t17-,21+/m1/s1. The molecule has 1 aromatic heterocycles. The molecule has 8 heteroatoms. The predicted molar refractivity (Wildman–Crippen MR) is 128 cm³/mol. The first-order valence-corrected chi connectivity index (χ1v) is 12.1. The summed E-state index contributed by atoms with van der Waals surface area (Å²) in [6.45, 7) is 4.03. The second-order valence-electron chi connectivity index (χ2n) is 9.43. The molecule has 0 unspecified atom stereocenters. The van der Waals surface area contributed by atoms with E-state index < -0.39 is 0 Å². The molecule has 1 N–H and O–H groups in total. The monoisotopic (exact) mass is 479 g/mol. The number of aromatic amines is 1. The van der Waals surface area contributed by atoms with Gasteiger partial charge in [-0.3, -0.25) is 9.59 Å². The van der Waals surface area contributed by atoms with Gasteiger partial charge < -0.3 is 24.3 Å².